The molecule has 5 heterocycles. The van der Waals surface area contributed by atoms with Gasteiger partial charge in [0.05, 0.1) is 17.6 Å². The first-order chi connectivity index (χ1) is 15.1. The highest BCUT2D eigenvalue weighted by atomic mass is 32.1. The van der Waals surface area contributed by atoms with Gasteiger partial charge in [-0.15, -0.1) is 16.4 Å². The highest BCUT2D eigenvalue weighted by Gasteiger charge is 2.25. The van der Waals surface area contributed by atoms with Gasteiger partial charge in [-0.2, -0.15) is 5.10 Å². The minimum absolute atomic E-state index is 0.593. The first kappa shape index (κ1) is 18.7. The van der Waals surface area contributed by atoms with Crippen LogP contribution in [0.3, 0.4) is 0 Å². The topological polar surface area (TPSA) is 74.0 Å². The third-order valence-electron chi connectivity index (χ3n) is 6.36. The molecule has 0 N–H and O–H groups in total. The number of furan rings is 1. The van der Waals surface area contributed by atoms with Crippen molar-refractivity contribution >= 4 is 27.2 Å². The van der Waals surface area contributed by atoms with Crippen molar-refractivity contribution in [1.29, 1.82) is 0 Å². The maximum atomic E-state index is 6.09. The molecule has 8 heteroatoms. The van der Waals surface area contributed by atoms with Crippen LogP contribution in [-0.4, -0.2) is 29.4 Å². The summed E-state index contributed by atoms with van der Waals surface area (Å²) in [7, 11) is 0. The van der Waals surface area contributed by atoms with Crippen LogP contribution in [0.25, 0.3) is 27.4 Å². The van der Waals surface area contributed by atoms with Gasteiger partial charge < -0.3 is 4.42 Å². The van der Waals surface area contributed by atoms with Crippen LogP contribution >= 0.6 is 11.3 Å². The Morgan fingerprint density at radius 1 is 1.23 bits per heavy atom. The third-order valence-corrected chi connectivity index (χ3v) is 7.52. The van der Waals surface area contributed by atoms with E-state index in [2.05, 4.69) is 35.1 Å². The van der Waals surface area contributed by atoms with Gasteiger partial charge in [-0.3, -0.25) is 4.68 Å². The van der Waals surface area contributed by atoms with Crippen molar-refractivity contribution < 1.29 is 4.42 Å². The SMILES string of the molecule is CC[C@@H]1CCc2c(sc3ncn4nc(-c5ccc(Cn6nc(C)cc6C)o5)nc4c23)C1. The van der Waals surface area contributed by atoms with Gasteiger partial charge in [0.15, 0.2) is 11.4 Å². The fraction of sp³-hybridized carbons (Fsp3) is 0.391. The van der Waals surface area contributed by atoms with E-state index in [4.69, 9.17) is 9.40 Å². The lowest BCUT2D eigenvalue weighted by atomic mass is 9.86. The van der Waals surface area contributed by atoms with Gasteiger partial charge in [-0.25, -0.2) is 14.5 Å². The second-order valence-electron chi connectivity index (χ2n) is 8.50. The van der Waals surface area contributed by atoms with Crippen LogP contribution in [0.4, 0.5) is 0 Å². The third kappa shape index (κ3) is 3.08. The predicted molar refractivity (Wildman–Crippen MR) is 120 cm³/mol. The lowest BCUT2D eigenvalue weighted by molar-refractivity contribution is 0.451. The summed E-state index contributed by atoms with van der Waals surface area (Å²) >= 11 is 1.82. The quantitative estimate of drug-likeness (QED) is 0.401. The van der Waals surface area contributed by atoms with Crippen LogP contribution in [0.2, 0.25) is 0 Å². The second kappa shape index (κ2) is 7.02. The number of nitrogens with zero attached hydrogens (tertiary/aromatic N) is 6. The smallest absolute Gasteiger partial charge is 0.217 e. The fourth-order valence-electron chi connectivity index (χ4n) is 4.66. The van der Waals surface area contributed by atoms with Crippen LogP contribution in [0, 0.1) is 19.8 Å². The molecule has 0 spiro atoms. The van der Waals surface area contributed by atoms with Crippen LogP contribution in [0.5, 0.6) is 0 Å². The number of thiophene rings is 1. The van der Waals surface area contributed by atoms with Gasteiger partial charge in [-0.05, 0) is 62.8 Å². The molecule has 0 amide bonds. The predicted octanol–water partition coefficient (Wildman–Crippen LogP) is 4.98. The molecule has 1 aliphatic carbocycles. The van der Waals surface area contributed by atoms with Gasteiger partial charge in [0.1, 0.15) is 16.9 Å². The van der Waals surface area contributed by atoms with Crippen molar-refractivity contribution in [2.24, 2.45) is 5.92 Å². The molecule has 1 aliphatic rings. The standard InChI is InChI=1S/C23H24N6OS/c1-4-15-5-7-17-19(10-15)31-23-20(17)22-25-21(27-29(22)12-24-23)18-8-6-16(30-18)11-28-14(3)9-13(2)26-28/h6,8-9,12,15H,4-5,7,10-11H2,1-3H3/t15-/m1/s1. The Kier molecular flexibility index (Phi) is 4.24. The minimum atomic E-state index is 0.593. The van der Waals surface area contributed by atoms with E-state index in [1.54, 1.807) is 10.8 Å². The first-order valence-corrected chi connectivity index (χ1v) is 11.7. The Labute approximate surface area is 183 Å². The zero-order valence-electron chi connectivity index (χ0n) is 17.9. The van der Waals surface area contributed by atoms with Gasteiger partial charge >= 0.3 is 0 Å². The molecule has 0 saturated carbocycles. The van der Waals surface area contributed by atoms with Crippen molar-refractivity contribution in [2.75, 3.05) is 0 Å². The Hall–Kier alpha value is -3.00. The summed E-state index contributed by atoms with van der Waals surface area (Å²) in [5, 5.41) is 10.4. The Morgan fingerprint density at radius 2 is 2.13 bits per heavy atom. The van der Waals surface area contributed by atoms with Crippen molar-refractivity contribution in [3.63, 3.8) is 0 Å². The highest BCUT2D eigenvalue weighted by molar-refractivity contribution is 7.19. The summed E-state index contributed by atoms with van der Waals surface area (Å²) in [6, 6.07) is 5.98. The normalized spacial score (nSPS) is 16.4. The summed E-state index contributed by atoms with van der Waals surface area (Å²) in [5.41, 5.74) is 4.42. The fourth-order valence-corrected chi connectivity index (χ4v) is 5.96. The zero-order valence-corrected chi connectivity index (χ0v) is 18.7. The second-order valence-corrected chi connectivity index (χ2v) is 9.58. The molecule has 0 aromatic carbocycles. The van der Waals surface area contributed by atoms with Gasteiger partial charge in [0, 0.05) is 10.6 Å². The van der Waals surface area contributed by atoms with E-state index in [0.29, 0.717) is 18.1 Å². The number of rotatable bonds is 4. The van der Waals surface area contributed by atoms with Crippen LogP contribution in [0.15, 0.2) is 28.9 Å². The molecule has 5 aromatic rings. The Balaban J connectivity index is 1.38. The van der Waals surface area contributed by atoms with E-state index in [-0.39, 0.29) is 0 Å². The maximum Gasteiger partial charge on any atom is 0.217 e. The molecule has 0 saturated heterocycles. The van der Waals surface area contributed by atoms with Gasteiger partial charge in [-0.1, -0.05) is 13.3 Å². The molecular formula is C23H24N6OS. The van der Waals surface area contributed by atoms with Gasteiger partial charge in [0.2, 0.25) is 5.82 Å². The van der Waals surface area contributed by atoms with Crippen LogP contribution in [-0.2, 0) is 19.4 Å². The van der Waals surface area contributed by atoms with Crippen molar-refractivity contribution in [3.05, 3.63) is 52.1 Å². The largest absolute Gasteiger partial charge is 0.456 e. The number of aromatic nitrogens is 6. The number of aryl methyl sites for hydroxylation is 3. The van der Waals surface area contributed by atoms with Gasteiger partial charge in [0.25, 0.3) is 0 Å². The molecule has 5 aromatic heterocycles. The van der Waals surface area contributed by atoms with E-state index in [1.165, 1.54) is 28.7 Å². The molecule has 7 nitrogen and oxygen atoms in total. The molecule has 0 aliphatic heterocycles. The van der Waals surface area contributed by atoms with Crippen LogP contribution in [0.1, 0.15) is 47.4 Å². The minimum Gasteiger partial charge on any atom is -0.456 e. The molecule has 0 radical (unpaired) electrons. The summed E-state index contributed by atoms with van der Waals surface area (Å²) in [4.78, 5) is 12.1. The summed E-state index contributed by atoms with van der Waals surface area (Å²) in [6.45, 7) is 6.93. The lowest BCUT2D eigenvalue weighted by Gasteiger charge is -2.20. The molecule has 158 valence electrons. The van der Waals surface area contributed by atoms with E-state index >= 15 is 0 Å². The molecule has 0 fully saturated rings. The number of fused-ring (bicyclic) bond motifs is 5. The van der Waals surface area contributed by atoms with E-state index in [0.717, 1.165) is 46.4 Å². The van der Waals surface area contributed by atoms with E-state index < -0.39 is 0 Å². The summed E-state index contributed by atoms with van der Waals surface area (Å²) < 4.78 is 9.82. The summed E-state index contributed by atoms with van der Waals surface area (Å²) in [5.74, 6) is 2.88. The van der Waals surface area contributed by atoms with Crippen molar-refractivity contribution in [2.45, 2.75) is 53.0 Å². The average molecular weight is 433 g/mol. The average Bonchev–Trinajstić information content (AvgIpc) is 3.52. The molecule has 6 rings (SSSR count). The lowest BCUT2D eigenvalue weighted by Crippen LogP contribution is -2.11. The first-order valence-electron chi connectivity index (χ1n) is 10.8. The molecule has 0 bridgehead atoms. The monoisotopic (exact) mass is 432 g/mol. The Bertz CT molecular complexity index is 1420. The van der Waals surface area contributed by atoms with E-state index in [1.807, 2.05) is 35.1 Å². The van der Waals surface area contributed by atoms with Crippen molar-refractivity contribution in [1.82, 2.24) is 29.4 Å². The highest BCUT2D eigenvalue weighted by Crippen LogP contribution is 2.39. The van der Waals surface area contributed by atoms with Crippen molar-refractivity contribution in [3.8, 4) is 11.6 Å². The molecule has 1 atom stereocenters. The molecular weight excluding hydrogens is 408 g/mol. The molecule has 0 unspecified atom stereocenters. The van der Waals surface area contributed by atoms with Crippen LogP contribution < -0.4 is 0 Å². The van der Waals surface area contributed by atoms with E-state index in [9.17, 15) is 0 Å². The zero-order chi connectivity index (χ0) is 21.1. The maximum absolute atomic E-state index is 6.09. The number of hydrogen-bond donors (Lipinski definition) is 0. The molecule has 31 heavy (non-hydrogen) atoms. The Morgan fingerprint density at radius 3 is 2.94 bits per heavy atom. The summed E-state index contributed by atoms with van der Waals surface area (Å²) in [6.07, 6.45) is 6.52. The number of hydrogen-bond acceptors (Lipinski definition) is 6.